The van der Waals surface area contributed by atoms with Gasteiger partial charge in [-0.2, -0.15) is 0 Å². The molecule has 0 radical (unpaired) electrons. The van der Waals surface area contributed by atoms with Gasteiger partial charge in [-0.3, -0.25) is 14.4 Å². The highest BCUT2D eigenvalue weighted by Gasteiger charge is 2.26. The van der Waals surface area contributed by atoms with Crippen LogP contribution in [0.25, 0.3) is 0 Å². The number of hydrogen-bond donors (Lipinski definition) is 0. The van der Waals surface area contributed by atoms with Crippen molar-refractivity contribution < 1.29 is 13.3 Å². The van der Waals surface area contributed by atoms with E-state index in [0.717, 1.165) is 16.7 Å². The van der Waals surface area contributed by atoms with E-state index in [1.54, 1.807) is 6.92 Å². The van der Waals surface area contributed by atoms with Crippen molar-refractivity contribution in [3.8, 4) is 0 Å². The third-order valence-corrected chi connectivity index (χ3v) is 5.70. The predicted octanol–water partition coefficient (Wildman–Crippen LogP) is 3.74. The Hall–Kier alpha value is -2.41. The summed E-state index contributed by atoms with van der Waals surface area (Å²) >= 11 is 0. The van der Waals surface area contributed by atoms with E-state index in [-0.39, 0.29) is 17.1 Å². The van der Waals surface area contributed by atoms with E-state index >= 15 is 0 Å². The standard InChI is InChI=1S/C17H20N2O4S/c1-5-18(17-13(3)10-12(2)11-14(17)4)24(22,23)16-8-6-15(7-9-16)19(20)21/h6-11H,5H2,1-4H3. The second-order valence-electron chi connectivity index (χ2n) is 5.67. The molecule has 0 saturated heterocycles. The molecule has 6 nitrogen and oxygen atoms in total. The molecule has 0 aliphatic rings. The van der Waals surface area contributed by atoms with Crippen molar-refractivity contribution in [1.29, 1.82) is 0 Å². The summed E-state index contributed by atoms with van der Waals surface area (Å²) in [6.07, 6.45) is 0. The second kappa shape index (κ2) is 6.60. The minimum Gasteiger partial charge on any atom is -0.266 e. The molecule has 0 atom stereocenters. The van der Waals surface area contributed by atoms with Gasteiger partial charge in [-0.25, -0.2) is 8.42 Å². The van der Waals surface area contributed by atoms with Gasteiger partial charge < -0.3 is 0 Å². The van der Waals surface area contributed by atoms with Gasteiger partial charge >= 0.3 is 0 Å². The van der Waals surface area contributed by atoms with Crippen LogP contribution in [0.3, 0.4) is 0 Å². The van der Waals surface area contributed by atoms with Crippen LogP contribution in [0.2, 0.25) is 0 Å². The highest BCUT2D eigenvalue weighted by Crippen LogP contribution is 2.31. The highest BCUT2D eigenvalue weighted by molar-refractivity contribution is 7.92. The molecule has 2 aromatic rings. The van der Waals surface area contributed by atoms with Crippen LogP contribution in [0.5, 0.6) is 0 Å². The van der Waals surface area contributed by atoms with E-state index in [1.165, 1.54) is 28.6 Å². The molecule has 0 saturated carbocycles. The largest absolute Gasteiger partial charge is 0.269 e. The normalized spacial score (nSPS) is 11.3. The van der Waals surface area contributed by atoms with E-state index in [2.05, 4.69) is 0 Å². The lowest BCUT2D eigenvalue weighted by atomic mass is 10.1. The number of aryl methyl sites for hydroxylation is 3. The van der Waals surface area contributed by atoms with E-state index < -0.39 is 14.9 Å². The minimum absolute atomic E-state index is 0.0364. The summed E-state index contributed by atoms with van der Waals surface area (Å²) in [6.45, 7) is 7.75. The number of non-ortho nitro benzene ring substituents is 1. The van der Waals surface area contributed by atoms with Crippen LogP contribution in [0.4, 0.5) is 11.4 Å². The second-order valence-corrected chi connectivity index (χ2v) is 7.53. The summed E-state index contributed by atoms with van der Waals surface area (Å²) in [6, 6.07) is 8.84. The number of nitro groups is 1. The zero-order valence-corrected chi connectivity index (χ0v) is 14.9. The summed E-state index contributed by atoms with van der Waals surface area (Å²) in [5.41, 5.74) is 3.33. The van der Waals surface area contributed by atoms with Gasteiger partial charge in [0.05, 0.1) is 15.5 Å². The third-order valence-electron chi connectivity index (χ3n) is 3.81. The number of benzene rings is 2. The van der Waals surface area contributed by atoms with Crippen LogP contribution in [0, 0.1) is 30.9 Å². The summed E-state index contributed by atoms with van der Waals surface area (Å²) in [4.78, 5) is 10.2. The maximum Gasteiger partial charge on any atom is 0.269 e. The highest BCUT2D eigenvalue weighted by atomic mass is 32.2. The zero-order valence-electron chi connectivity index (χ0n) is 14.1. The predicted molar refractivity (Wildman–Crippen MR) is 94.0 cm³/mol. The van der Waals surface area contributed by atoms with Crippen LogP contribution >= 0.6 is 0 Å². The van der Waals surface area contributed by atoms with E-state index in [0.29, 0.717) is 5.69 Å². The fraction of sp³-hybridized carbons (Fsp3) is 0.294. The molecule has 0 N–H and O–H groups in total. The van der Waals surface area contributed by atoms with Gasteiger partial charge in [0, 0.05) is 18.7 Å². The topological polar surface area (TPSA) is 80.5 Å². The van der Waals surface area contributed by atoms with Gasteiger partial charge in [0.2, 0.25) is 0 Å². The SMILES string of the molecule is CCN(c1c(C)cc(C)cc1C)S(=O)(=O)c1ccc([N+](=O)[O-])cc1. The maximum absolute atomic E-state index is 13.0. The van der Waals surface area contributed by atoms with E-state index in [9.17, 15) is 18.5 Å². The monoisotopic (exact) mass is 348 g/mol. The first-order chi connectivity index (χ1) is 11.2. The van der Waals surface area contributed by atoms with Crippen molar-refractivity contribution in [3.63, 3.8) is 0 Å². The van der Waals surface area contributed by atoms with E-state index in [4.69, 9.17) is 0 Å². The van der Waals surface area contributed by atoms with Gasteiger partial charge in [0.15, 0.2) is 0 Å². The molecule has 0 bridgehead atoms. The number of rotatable bonds is 5. The molecule has 0 aliphatic heterocycles. The molecule has 0 heterocycles. The molecule has 2 rings (SSSR count). The number of nitrogens with zero attached hydrogens (tertiary/aromatic N) is 2. The van der Waals surface area contributed by atoms with Gasteiger partial charge in [0.1, 0.15) is 0 Å². The molecule has 0 aliphatic carbocycles. The Kier molecular flexibility index (Phi) is 4.94. The van der Waals surface area contributed by atoms with Crippen LogP contribution < -0.4 is 4.31 Å². The summed E-state index contributed by atoms with van der Waals surface area (Å²) in [5, 5.41) is 10.7. The first-order valence-electron chi connectivity index (χ1n) is 7.53. The Morgan fingerprint density at radius 3 is 1.96 bits per heavy atom. The van der Waals surface area contributed by atoms with Crippen LogP contribution in [-0.4, -0.2) is 19.9 Å². The van der Waals surface area contributed by atoms with Crippen molar-refractivity contribution in [2.24, 2.45) is 0 Å². The third kappa shape index (κ3) is 3.26. The molecule has 0 amide bonds. The smallest absolute Gasteiger partial charge is 0.266 e. The van der Waals surface area contributed by atoms with Gasteiger partial charge in [-0.15, -0.1) is 0 Å². The Labute approximate surface area is 141 Å². The Morgan fingerprint density at radius 2 is 1.54 bits per heavy atom. The average molecular weight is 348 g/mol. The van der Waals surface area contributed by atoms with Crippen LogP contribution in [-0.2, 0) is 10.0 Å². The van der Waals surface area contributed by atoms with Crippen molar-refractivity contribution in [2.75, 3.05) is 10.8 Å². The molecule has 0 spiro atoms. The number of nitro benzene ring substituents is 1. The number of hydrogen-bond acceptors (Lipinski definition) is 4. The Morgan fingerprint density at radius 1 is 1.04 bits per heavy atom. The van der Waals surface area contributed by atoms with Gasteiger partial charge in [0.25, 0.3) is 15.7 Å². The zero-order chi connectivity index (χ0) is 18.1. The summed E-state index contributed by atoms with van der Waals surface area (Å²) in [5.74, 6) is 0. The first-order valence-corrected chi connectivity index (χ1v) is 8.97. The molecular formula is C17H20N2O4S. The Bertz CT molecular complexity index is 851. The molecule has 128 valence electrons. The lowest BCUT2D eigenvalue weighted by Crippen LogP contribution is -2.32. The van der Waals surface area contributed by atoms with Crippen LogP contribution in [0.1, 0.15) is 23.6 Å². The lowest BCUT2D eigenvalue weighted by Gasteiger charge is -2.26. The molecule has 0 unspecified atom stereocenters. The van der Waals surface area contributed by atoms with Crippen LogP contribution in [0.15, 0.2) is 41.3 Å². The molecule has 24 heavy (non-hydrogen) atoms. The molecular weight excluding hydrogens is 328 g/mol. The Balaban J connectivity index is 2.55. The lowest BCUT2D eigenvalue weighted by molar-refractivity contribution is -0.384. The molecule has 0 aromatic heterocycles. The van der Waals surface area contributed by atoms with Crippen molar-refractivity contribution >= 4 is 21.4 Å². The average Bonchev–Trinajstić information content (AvgIpc) is 2.50. The molecule has 2 aromatic carbocycles. The summed E-state index contributed by atoms with van der Waals surface area (Å²) in [7, 11) is -3.79. The summed E-state index contributed by atoms with van der Waals surface area (Å²) < 4.78 is 27.3. The van der Waals surface area contributed by atoms with Crippen molar-refractivity contribution in [2.45, 2.75) is 32.6 Å². The quantitative estimate of drug-likeness (QED) is 0.609. The first kappa shape index (κ1) is 17.9. The van der Waals surface area contributed by atoms with Gasteiger partial charge in [-0.05, 0) is 51.0 Å². The fourth-order valence-electron chi connectivity index (χ4n) is 2.88. The molecule has 0 fully saturated rings. The maximum atomic E-state index is 13.0. The number of anilines is 1. The van der Waals surface area contributed by atoms with Crippen molar-refractivity contribution in [3.05, 3.63) is 63.2 Å². The van der Waals surface area contributed by atoms with Gasteiger partial charge in [-0.1, -0.05) is 17.7 Å². The fourth-order valence-corrected chi connectivity index (χ4v) is 4.48. The minimum atomic E-state index is -3.79. The van der Waals surface area contributed by atoms with E-state index in [1.807, 2.05) is 32.9 Å². The number of sulfonamides is 1. The van der Waals surface area contributed by atoms with Crippen molar-refractivity contribution in [1.82, 2.24) is 0 Å². The molecule has 7 heteroatoms.